The normalized spacial score (nSPS) is 26.7. The van der Waals surface area contributed by atoms with Gasteiger partial charge in [-0.2, -0.15) is 0 Å². The molecule has 2 nitrogen and oxygen atoms in total. The number of hydrogen-bond acceptors (Lipinski definition) is 2. The lowest BCUT2D eigenvalue weighted by atomic mass is 10.1. The van der Waals surface area contributed by atoms with Gasteiger partial charge in [-0.25, -0.2) is 0 Å². The smallest absolute Gasteiger partial charge is 0.0575 e. The third-order valence-electron chi connectivity index (χ3n) is 2.00. The Morgan fingerprint density at radius 1 is 1.40 bits per heavy atom. The molecule has 0 saturated carbocycles. The van der Waals surface area contributed by atoms with Gasteiger partial charge in [-0.15, -0.1) is 0 Å². The van der Waals surface area contributed by atoms with Gasteiger partial charge in [0, 0.05) is 6.61 Å². The van der Waals surface area contributed by atoms with Crippen LogP contribution in [0.3, 0.4) is 0 Å². The zero-order valence-electron chi connectivity index (χ0n) is 6.51. The maximum absolute atomic E-state index is 5.52. The van der Waals surface area contributed by atoms with Crippen LogP contribution in [-0.4, -0.2) is 19.3 Å². The van der Waals surface area contributed by atoms with Gasteiger partial charge in [-0.3, -0.25) is 0 Å². The highest BCUT2D eigenvalue weighted by Crippen LogP contribution is 2.16. The fraction of sp³-hybridized carbons (Fsp3) is 1.00. The highest BCUT2D eigenvalue weighted by Gasteiger charge is 2.11. The second-order valence-electron chi connectivity index (χ2n) is 2.92. The van der Waals surface area contributed by atoms with Gasteiger partial charge in [0.25, 0.3) is 0 Å². The van der Waals surface area contributed by atoms with Gasteiger partial charge in [0.05, 0.1) is 6.10 Å². The molecule has 0 amide bonds. The summed E-state index contributed by atoms with van der Waals surface area (Å²) in [6, 6.07) is 0. The molecule has 0 unspecified atom stereocenters. The lowest BCUT2D eigenvalue weighted by Crippen LogP contribution is -2.19. The van der Waals surface area contributed by atoms with E-state index in [1.807, 2.05) is 0 Å². The SMILES string of the molecule is NCCC[C@@H]1CCCCO1. The van der Waals surface area contributed by atoms with Gasteiger partial charge in [-0.05, 0) is 38.6 Å². The van der Waals surface area contributed by atoms with E-state index in [1.165, 1.54) is 19.3 Å². The molecule has 0 aromatic carbocycles. The maximum Gasteiger partial charge on any atom is 0.0575 e. The molecule has 1 heterocycles. The summed E-state index contributed by atoms with van der Waals surface area (Å²) in [6.07, 6.45) is 6.65. The molecule has 1 rings (SSSR count). The second-order valence-corrected chi connectivity index (χ2v) is 2.92. The van der Waals surface area contributed by atoms with Crippen LogP contribution in [-0.2, 0) is 4.74 Å². The highest BCUT2D eigenvalue weighted by atomic mass is 16.5. The first-order chi connectivity index (χ1) is 4.93. The van der Waals surface area contributed by atoms with Crippen LogP contribution in [0.25, 0.3) is 0 Å². The molecule has 10 heavy (non-hydrogen) atoms. The molecule has 60 valence electrons. The quantitative estimate of drug-likeness (QED) is 0.646. The van der Waals surface area contributed by atoms with Crippen molar-refractivity contribution in [3.63, 3.8) is 0 Å². The van der Waals surface area contributed by atoms with E-state index in [9.17, 15) is 0 Å². The Bertz CT molecular complexity index is 79.3. The number of hydrogen-bond donors (Lipinski definition) is 1. The standard InChI is InChI=1S/C8H17NO/c9-6-3-5-8-4-1-2-7-10-8/h8H,1-7,9H2/t8-/m0/s1. The summed E-state index contributed by atoms with van der Waals surface area (Å²) in [7, 11) is 0. The fourth-order valence-corrected chi connectivity index (χ4v) is 1.38. The van der Waals surface area contributed by atoms with E-state index >= 15 is 0 Å². The van der Waals surface area contributed by atoms with Gasteiger partial charge in [0.15, 0.2) is 0 Å². The number of nitrogens with two attached hydrogens (primary N) is 1. The summed E-state index contributed by atoms with van der Waals surface area (Å²) in [5.74, 6) is 0. The first-order valence-electron chi connectivity index (χ1n) is 4.25. The van der Waals surface area contributed by atoms with Crippen molar-refractivity contribution in [2.45, 2.75) is 38.2 Å². The summed E-state index contributed by atoms with van der Waals surface area (Å²) in [6.45, 7) is 1.77. The molecule has 1 saturated heterocycles. The average molecular weight is 143 g/mol. The topological polar surface area (TPSA) is 35.2 Å². The van der Waals surface area contributed by atoms with Gasteiger partial charge < -0.3 is 10.5 Å². The third kappa shape index (κ3) is 2.67. The Hall–Kier alpha value is -0.0800. The molecule has 2 N–H and O–H groups in total. The van der Waals surface area contributed by atoms with Crippen molar-refractivity contribution >= 4 is 0 Å². The molecule has 0 bridgehead atoms. The Labute approximate surface area is 62.7 Å². The summed E-state index contributed by atoms with van der Waals surface area (Å²) >= 11 is 0. The van der Waals surface area contributed by atoms with E-state index in [1.54, 1.807) is 0 Å². The van der Waals surface area contributed by atoms with Crippen molar-refractivity contribution in [2.24, 2.45) is 5.73 Å². The van der Waals surface area contributed by atoms with Gasteiger partial charge >= 0.3 is 0 Å². The number of rotatable bonds is 3. The van der Waals surface area contributed by atoms with Crippen LogP contribution in [0.4, 0.5) is 0 Å². The van der Waals surface area contributed by atoms with Gasteiger partial charge in [0.1, 0.15) is 0 Å². The van der Waals surface area contributed by atoms with E-state index in [0.717, 1.165) is 26.0 Å². The third-order valence-corrected chi connectivity index (χ3v) is 2.00. The summed E-state index contributed by atoms with van der Waals surface area (Å²) < 4.78 is 5.52. The lowest BCUT2D eigenvalue weighted by Gasteiger charge is -2.21. The highest BCUT2D eigenvalue weighted by molar-refractivity contribution is 4.63. The monoisotopic (exact) mass is 143 g/mol. The van der Waals surface area contributed by atoms with Crippen molar-refractivity contribution in [3.05, 3.63) is 0 Å². The second kappa shape index (κ2) is 4.69. The van der Waals surface area contributed by atoms with E-state index in [0.29, 0.717) is 6.10 Å². The van der Waals surface area contributed by atoms with E-state index in [-0.39, 0.29) is 0 Å². The zero-order chi connectivity index (χ0) is 7.23. The number of ether oxygens (including phenoxy) is 1. The Balaban J connectivity index is 2.02. The van der Waals surface area contributed by atoms with E-state index in [4.69, 9.17) is 10.5 Å². The minimum absolute atomic E-state index is 0.525. The van der Waals surface area contributed by atoms with Crippen LogP contribution < -0.4 is 5.73 Å². The van der Waals surface area contributed by atoms with Crippen LogP contribution in [0.5, 0.6) is 0 Å². The Morgan fingerprint density at radius 2 is 2.30 bits per heavy atom. The zero-order valence-corrected chi connectivity index (χ0v) is 6.51. The predicted molar refractivity (Wildman–Crippen MR) is 41.9 cm³/mol. The molecule has 1 aliphatic rings. The van der Waals surface area contributed by atoms with E-state index in [2.05, 4.69) is 0 Å². The molecule has 0 spiro atoms. The molecule has 1 atom stereocenters. The van der Waals surface area contributed by atoms with Crippen LogP contribution in [0.15, 0.2) is 0 Å². The van der Waals surface area contributed by atoms with Crippen molar-refractivity contribution < 1.29 is 4.74 Å². The first kappa shape index (κ1) is 8.02. The molecule has 1 aliphatic heterocycles. The van der Waals surface area contributed by atoms with Gasteiger partial charge in [-0.1, -0.05) is 0 Å². The Kier molecular flexibility index (Phi) is 3.76. The van der Waals surface area contributed by atoms with Crippen molar-refractivity contribution in [3.8, 4) is 0 Å². The van der Waals surface area contributed by atoms with Crippen LogP contribution >= 0.6 is 0 Å². The molecular weight excluding hydrogens is 126 g/mol. The van der Waals surface area contributed by atoms with Crippen molar-refractivity contribution in [1.29, 1.82) is 0 Å². The largest absolute Gasteiger partial charge is 0.378 e. The molecule has 1 fully saturated rings. The molecular formula is C8H17NO. The molecule has 0 aliphatic carbocycles. The predicted octanol–water partition coefficient (Wildman–Crippen LogP) is 1.29. The van der Waals surface area contributed by atoms with Crippen LogP contribution in [0.1, 0.15) is 32.1 Å². The average Bonchev–Trinajstić information content (AvgIpc) is 2.03. The summed E-state index contributed by atoms with van der Waals surface area (Å²) in [5, 5.41) is 0. The van der Waals surface area contributed by atoms with Crippen LogP contribution in [0.2, 0.25) is 0 Å². The molecule has 0 radical (unpaired) electrons. The molecule has 0 aromatic rings. The van der Waals surface area contributed by atoms with Crippen molar-refractivity contribution in [2.75, 3.05) is 13.2 Å². The van der Waals surface area contributed by atoms with Crippen LogP contribution in [0, 0.1) is 0 Å². The molecule has 0 aromatic heterocycles. The maximum atomic E-state index is 5.52. The first-order valence-corrected chi connectivity index (χ1v) is 4.25. The van der Waals surface area contributed by atoms with Crippen molar-refractivity contribution in [1.82, 2.24) is 0 Å². The Morgan fingerprint density at radius 3 is 2.90 bits per heavy atom. The minimum atomic E-state index is 0.525. The van der Waals surface area contributed by atoms with E-state index < -0.39 is 0 Å². The summed E-state index contributed by atoms with van der Waals surface area (Å²) in [4.78, 5) is 0. The molecule has 2 heteroatoms. The summed E-state index contributed by atoms with van der Waals surface area (Å²) in [5.41, 5.74) is 5.39. The lowest BCUT2D eigenvalue weighted by molar-refractivity contribution is 0.0105. The fourth-order valence-electron chi connectivity index (χ4n) is 1.38. The van der Waals surface area contributed by atoms with Gasteiger partial charge in [0.2, 0.25) is 0 Å². The minimum Gasteiger partial charge on any atom is -0.378 e.